The van der Waals surface area contributed by atoms with E-state index in [4.69, 9.17) is 0 Å². The van der Waals surface area contributed by atoms with E-state index >= 15 is 0 Å². The molecule has 0 radical (unpaired) electrons. The van der Waals surface area contributed by atoms with Gasteiger partial charge in [0.15, 0.2) is 0 Å². The molecule has 0 fully saturated rings. The maximum absolute atomic E-state index is 11.7. The van der Waals surface area contributed by atoms with Crippen LogP contribution in [-0.2, 0) is 4.84 Å². The minimum Gasteiger partial charge on any atom is -0.349 e. The summed E-state index contributed by atoms with van der Waals surface area (Å²) >= 11 is 1.36. The van der Waals surface area contributed by atoms with Gasteiger partial charge in [-0.15, -0.1) is 21.5 Å². The first kappa shape index (κ1) is 13.9. The second kappa shape index (κ2) is 6.62. The lowest BCUT2D eigenvalue weighted by Crippen LogP contribution is -2.28. The monoisotopic (exact) mass is 293 g/mol. The first-order chi connectivity index (χ1) is 9.66. The largest absolute Gasteiger partial charge is 0.349 e. The minimum atomic E-state index is -0.900. The summed E-state index contributed by atoms with van der Waals surface area (Å²) in [5, 5.41) is 13.9. The summed E-state index contributed by atoms with van der Waals surface area (Å²) in [6.07, 6.45) is 0. The summed E-state index contributed by atoms with van der Waals surface area (Å²) < 4.78 is 0. The third-order valence-electron chi connectivity index (χ3n) is 2.34. The van der Waals surface area contributed by atoms with E-state index in [1.165, 1.54) is 11.3 Å². The van der Waals surface area contributed by atoms with Crippen molar-refractivity contribution in [2.24, 2.45) is 0 Å². The van der Waals surface area contributed by atoms with E-state index in [0.29, 0.717) is 0 Å². The summed E-state index contributed by atoms with van der Waals surface area (Å²) in [5.74, 6) is -0.379. The fraction of sp³-hybridized carbons (Fsp3) is 0.167. The van der Waals surface area contributed by atoms with Crippen LogP contribution in [0.4, 0.5) is 0 Å². The van der Waals surface area contributed by atoms with E-state index in [2.05, 4.69) is 15.1 Å². The number of benzene rings is 1. The van der Waals surface area contributed by atoms with Gasteiger partial charge >= 0.3 is 0 Å². The summed E-state index contributed by atoms with van der Waals surface area (Å²) in [7, 11) is 0. The van der Waals surface area contributed by atoms with Crippen LogP contribution in [0.5, 0.6) is 0 Å². The molecule has 0 unspecified atom stereocenters. The molecule has 0 aliphatic rings. The lowest BCUT2D eigenvalue weighted by molar-refractivity contribution is -0.757. The number of nitrogens with one attached hydrogen (secondary N) is 1. The molecule has 1 amide bonds. The number of rotatable bonds is 6. The van der Waals surface area contributed by atoms with Gasteiger partial charge in [-0.2, -0.15) is 0 Å². The number of carbonyl (C=O) groups is 1. The Labute approximate surface area is 118 Å². The summed E-state index contributed by atoms with van der Waals surface area (Å²) in [5.41, 5.74) is 1.23. The zero-order valence-corrected chi connectivity index (χ0v) is 11.1. The minimum absolute atomic E-state index is 0.0536. The summed E-state index contributed by atoms with van der Waals surface area (Å²) in [4.78, 5) is 30.0. The second-order valence-corrected chi connectivity index (χ2v) is 4.57. The number of thiazole rings is 1. The van der Waals surface area contributed by atoms with Gasteiger partial charge in [-0.3, -0.25) is 4.79 Å². The number of carbonyl (C=O) groups excluding carboxylic acids is 1. The SMILES string of the molecule is O=C(NCCO[N+](=O)[O-])c1csc(-c2ccccc2)n1. The fourth-order valence-electron chi connectivity index (χ4n) is 1.47. The number of aromatic nitrogens is 1. The predicted octanol–water partition coefficient (Wildman–Crippen LogP) is 1.75. The Morgan fingerprint density at radius 1 is 1.40 bits per heavy atom. The first-order valence-corrected chi connectivity index (χ1v) is 6.61. The summed E-state index contributed by atoms with van der Waals surface area (Å²) in [6, 6.07) is 9.51. The molecule has 0 spiro atoms. The molecule has 20 heavy (non-hydrogen) atoms. The summed E-state index contributed by atoms with van der Waals surface area (Å²) in [6.45, 7) is -0.133. The van der Waals surface area contributed by atoms with Crippen molar-refractivity contribution in [2.45, 2.75) is 0 Å². The molecule has 0 aliphatic carbocycles. The average molecular weight is 293 g/mol. The van der Waals surface area contributed by atoms with Crippen molar-refractivity contribution in [3.8, 4) is 10.6 Å². The Balaban J connectivity index is 1.92. The molecule has 1 aromatic carbocycles. The fourth-order valence-corrected chi connectivity index (χ4v) is 2.27. The van der Waals surface area contributed by atoms with Gasteiger partial charge in [-0.1, -0.05) is 30.3 Å². The smallest absolute Gasteiger partial charge is 0.294 e. The van der Waals surface area contributed by atoms with Crippen LogP contribution in [0.3, 0.4) is 0 Å². The Hall–Kier alpha value is -2.48. The molecule has 104 valence electrons. The van der Waals surface area contributed by atoms with Crippen molar-refractivity contribution < 1.29 is 14.7 Å². The van der Waals surface area contributed by atoms with E-state index in [0.717, 1.165) is 10.6 Å². The third kappa shape index (κ3) is 3.75. The predicted molar refractivity (Wildman–Crippen MR) is 72.8 cm³/mol. The quantitative estimate of drug-likeness (QED) is 0.497. The van der Waals surface area contributed by atoms with Gasteiger partial charge in [0, 0.05) is 17.5 Å². The van der Waals surface area contributed by atoms with Gasteiger partial charge in [0.05, 0.1) is 0 Å². The van der Waals surface area contributed by atoms with E-state index in [1.54, 1.807) is 5.38 Å². The highest BCUT2D eigenvalue weighted by atomic mass is 32.1. The molecule has 7 nitrogen and oxygen atoms in total. The molecule has 1 N–H and O–H groups in total. The molecule has 0 bridgehead atoms. The van der Waals surface area contributed by atoms with Crippen LogP contribution in [0.15, 0.2) is 35.7 Å². The van der Waals surface area contributed by atoms with Crippen LogP contribution in [0.1, 0.15) is 10.5 Å². The van der Waals surface area contributed by atoms with Gasteiger partial charge in [0.25, 0.3) is 11.0 Å². The molecule has 0 saturated heterocycles. The molecule has 1 aromatic heterocycles. The standard InChI is InChI=1S/C12H11N3O4S/c16-11(13-6-7-19-15(17)18)10-8-20-12(14-10)9-4-2-1-3-5-9/h1-5,8H,6-7H2,(H,13,16). The van der Waals surface area contributed by atoms with E-state index < -0.39 is 5.09 Å². The molecule has 0 atom stereocenters. The lowest BCUT2D eigenvalue weighted by Gasteiger charge is -2.01. The maximum atomic E-state index is 11.7. The highest BCUT2D eigenvalue weighted by Gasteiger charge is 2.11. The second-order valence-electron chi connectivity index (χ2n) is 3.72. The van der Waals surface area contributed by atoms with Gasteiger partial charge in [0.1, 0.15) is 17.3 Å². The average Bonchev–Trinajstić information content (AvgIpc) is 2.94. The number of hydrogen-bond donors (Lipinski definition) is 1. The number of hydrogen-bond acceptors (Lipinski definition) is 6. The topological polar surface area (TPSA) is 94.4 Å². The lowest BCUT2D eigenvalue weighted by atomic mass is 10.2. The van der Waals surface area contributed by atoms with E-state index in [1.807, 2.05) is 30.3 Å². The normalized spacial score (nSPS) is 10.0. The number of nitrogens with zero attached hydrogens (tertiary/aromatic N) is 2. The molecular formula is C12H11N3O4S. The van der Waals surface area contributed by atoms with Gasteiger partial charge in [0.2, 0.25) is 0 Å². The van der Waals surface area contributed by atoms with Crippen molar-refractivity contribution in [3.63, 3.8) is 0 Å². The van der Waals surface area contributed by atoms with Crippen molar-refractivity contribution in [1.82, 2.24) is 10.3 Å². The Bertz CT molecular complexity index is 600. The third-order valence-corrected chi connectivity index (χ3v) is 3.23. The van der Waals surface area contributed by atoms with Crippen LogP contribution in [0, 0.1) is 10.1 Å². The van der Waals surface area contributed by atoms with Crippen LogP contribution in [-0.4, -0.2) is 29.1 Å². The van der Waals surface area contributed by atoms with E-state index in [-0.39, 0.29) is 24.8 Å². The molecule has 2 aromatic rings. The Kier molecular flexibility index (Phi) is 4.61. The van der Waals surface area contributed by atoms with Gasteiger partial charge in [-0.05, 0) is 0 Å². The Morgan fingerprint density at radius 2 is 2.15 bits per heavy atom. The van der Waals surface area contributed by atoms with Crippen LogP contribution in [0.25, 0.3) is 10.6 Å². The zero-order valence-electron chi connectivity index (χ0n) is 10.3. The van der Waals surface area contributed by atoms with Crippen molar-refractivity contribution in [1.29, 1.82) is 0 Å². The van der Waals surface area contributed by atoms with Crippen molar-refractivity contribution in [3.05, 3.63) is 51.5 Å². The Morgan fingerprint density at radius 3 is 2.85 bits per heavy atom. The molecular weight excluding hydrogens is 282 g/mol. The van der Waals surface area contributed by atoms with E-state index in [9.17, 15) is 14.9 Å². The van der Waals surface area contributed by atoms with Crippen LogP contribution in [0.2, 0.25) is 0 Å². The van der Waals surface area contributed by atoms with Crippen LogP contribution >= 0.6 is 11.3 Å². The molecule has 8 heteroatoms. The van der Waals surface area contributed by atoms with Crippen LogP contribution < -0.4 is 5.32 Å². The highest BCUT2D eigenvalue weighted by molar-refractivity contribution is 7.13. The zero-order chi connectivity index (χ0) is 14.4. The molecule has 0 saturated carbocycles. The molecule has 2 rings (SSSR count). The van der Waals surface area contributed by atoms with Gasteiger partial charge < -0.3 is 10.2 Å². The number of amides is 1. The maximum Gasteiger partial charge on any atom is 0.294 e. The first-order valence-electron chi connectivity index (χ1n) is 5.73. The van der Waals surface area contributed by atoms with Crippen molar-refractivity contribution >= 4 is 17.2 Å². The molecule has 0 aliphatic heterocycles. The van der Waals surface area contributed by atoms with Gasteiger partial charge in [-0.25, -0.2) is 4.98 Å². The molecule has 1 heterocycles. The highest BCUT2D eigenvalue weighted by Crippen LogP contribution is 2.23. The van der Waals surface area contributed by atoms with Crippen molar-refractivity contribution in [2.75, 3.05) is 13.2 Å².